The van der Waals surface area contributed by atoms with Crippen LogP contribution < -0.4 is 10.1 Å². The summed E-state index contributed by atoms with van der Waals surface area (Å²) in [6, 6.07) is 7.80. The molecule has 0 unspecified atom stereocenters. The van der Waals surface area contributed by atoms with Gasteiger partial charge in [0.05, 0.1) is 7.11 Å². The number of anilines is 1. The van der Waals surface area contributed by atoms with E-state index in [0.717, 1.165) is 43.8 Å². The van der Waals surface area contributed by atoms with Crippen LogP contribution in [-0.4, -0.2) is 56.2 Å². The first kappa shape index (κ1) is 16.6. The summed E-state index contributed by atoms with van der Waals surface area (Å²) in [6.07, 6.45) is 4.44. The zero-order valence-electron chi connectivity index (χ0n) is 13.8. The van der Waals surface area contributed by atoms with Crippen molar-refractivity contribution in [2.24, 2.45) is 0 Å². The highest BCUT2D eigenvalue weighted by molar-refractivity contribution is 5.89. The van der Waals surface area contributed by atoms with Crippen LogP contribution in [-0.2, 0) is 0 Å². The second kappa shape index (κ2) is 8.03. The minimum atomic E-state index is 0.00798. The van der Waals surface area contributed by atoms with Crippen molar-refractivity contribution >= 4 is 11.7 Å². The molecule has 5 heteroatoms. The van der Waals surface area contributed by atoms with Gasteiger partial charge in [0.1, 0.15) is 5.75 Å². The Morgan fingerprint density at radius 2 is 2.05 bits per heavy atom. The third-order valence-corrected chi connectivity index (χ3v) is 4.14. The van der Waals surface area contributed by atoms with Crippen molar-refractivity contribution in [2.45, 2.75) is 31.7 Å². The van der Waals surface area contributed by atoms with Gasteiger partial charge in [0.25, 0.3) is 0 Å². The normalized spacial score (nSPS) is 18.4. The van der Waals surface area contributed by atoms with Gasteiger partial charge in [0, 0.05) is 18.3 Å². The second-order valence-corrected chi connectivity index (χ2v) is 6.09. The number of methoxy groups -OCH3 is 1. The molecule has 1 aliphatic heterocycles. The summed E-state index contributed by atoms with van der Waals surface area (Å²) in [5.74, 6) is 0.792. The lowest BCUT2D eigenvalue weighted by Crippen LogP contribution is -2.46. The van der Waals surface area contributed by atoms with Crippen molar-refractivity contribution < 1.29 is 9.53 Å². The first-order chi connectivity index (χ1) is 10.6. The summed E-state index contributed by atoms with van der Waals surface area (Å²) in [5, 5.41) is 3.00. The van der Waals surface area contributed by atoms with Crippen LogP contribution in [0.3, 0.4) is 0 Å². The van der Waals surface area contributed by atoms with Crippen LogP contribution in [0.2, 0.25) is 0 Å². The number of urea groups is 1. The van der Waals surface area contributed by atoms with Crippen LogP contribution in [0.15, 0.2) is 24.3 Å². The molecule has 22 heavy (non-hydrogen) atoms. The molecule has 1 aromatic rings. The zero-order valence-corrected chi connectivity index (χ0v) is 13.8. The fraction of sp³-hybridized carbons (Fsp3) is 0.588. The van der Waals surface area contributed by atoms with Crippen LogP contribution in [0.5, 0.6) is 5.75 Å². The molecule has 0 saturated carbocycles. The lowest BCUT2D eigenvalue weighted by atomic mass is 9.99. The van der Waals surface area contributed by atoms with Gasteiger partial charge >= 0.3 is 6.03 Å². The van der Waals surface area contributed by atoms with E-state index in [4.69, 9.17) is 4.74 Å². The molecule has 0 bridgehead atoms. The number of hydrogen-bond donors (Lipinski definition) is 1. The fourth-order valence-corrected chi connectivity index (χ4v) is 2.84. The maximum Gasteiger partial charge on any atom is 0.322 e. The lowest BCUT2D eigenvalue weighted by molar-refractivity contribution is 0.152. The summed E-state index contributed by atoms with van der Waals surface area (Å²) in [6.45, 7) is 1.86. The Labute approximate surface area is 133 Å². The van der Waals surface area contributed by atoms with E-state index in [1.165, 1.54) is 6.42 Å². The van der Waals surface area contributed by atoms with E-state index in [0.29, 0.717) is 6.04 Å². The molecule has 1 heterocycles. The number of nitrogens with zero attached hydrogens (tertiary/aromatic N) is 2. The van der Waals surface area contributed by atoms with Gasteiger partial charge in [-0.3, -0.25) is 0 Å². The van der Waals surface area contributed by atoms with Gasteiger partial charge in [0.2, 0.25) is 0 Å². The molecule has 2 rings (SSSR count). The Morgan fingerprint density at radius 3 is 2.68 bits per heavy atom. The van der Waals surface area contributed by atoms with Crippen LogP contribution in [0, 0.1) is 0 Å². The van der Waals surface area contributed by atoms with Gasteiger partial charge in [-0.2, -0.15) is 0 Å². The van der Waals surface area contributed by atoms with Crippen molar-refractivity contribution in [3.8, 4) is 5.75 Å². The minimum Gasteiger partial charge on any atom is -0.497 e. The molecule has 1 fully saturated rings. The molecule has 2 amide bonds. The van der Waals surface area contributed by atoms with Crippen LogP contribution in [0.1, 0.15) is 25.7 Å². The quantitative estimate of drug-likeness (QED) is 0.909. The average molecular weight is 305 g/mol. The van der Waals surface area contributed by atoms with Gasteiger partial charge in [-0.1, -0.05) is 0 Å². The van der Waals surface area contributed by atoms with Gasteiger partial charge in [-0.25, -0.2) is 4.79 Å². The van der Waals surface area contributed by atoms with Crippen molar-refractivity contribution in [1.82, 2.24) is 9.80 Å². The number of amides is 2. The highest BCUT2D eigenvalue weighted by atomic mass is 16.5. The molecule has 0 spiro atoms. The first-order valence-electron chi connectivity index (χ1n) is 7.96. The average Bonchev–Trinajstić information content (AvgIpc) is 2.54. The van der Waals surface area contributed by atoms with Crippen molar-refractivity contribution in [3.05, 3.63) is 24.3 Å². The third kappa shape index (κ3) is 4.63. The molecule has 122 valence electrons. The monoisotopic (exact) mass is 305 g/mol. The highest BCUT2D eigenvalue weighted by Crippen LogP contribution is 2.22. The number of rotatable bonds is 5. The van der Waals surface area contributed by atoms with Gasteiger partial charge in [-0.05, 0) is 70.6 Å². The van der Waals surface area contributed by atoms with Gasteiger partial charge < -0.3 is 19.9 Å². The number of hydrogen-bond acceptors (Lipinski definition) is 3. The van der Waals surface area contributed by atoms with E-state index < -0.39 is 0 Å². The van der Waals surface area contributed by atoms with E-state index in [1.807, 2.05) is 29.2 Å². The summed E-state index contributed by atoms with van der Waals surface area (Å²) in [4.78, 5) is 16.7. The number of carbonyl (C=O) groups is 1. The Morgan fingerprint density at radius 1 is 1.32 bits per heavy atom. The Balaban J connectivity index is 1.95. The summed E-state index contributed by atoms with van der Waals surface area (Å²) in [7, 11) is 5.78. The second-order valence-electron chi connectivity index (χ2n) is 6.09. The molecule has 0 aromatic heterocycles. The van der Waals surface area contributed by atoms with Crippen LogP contribution >= 0.6 is 0 Å². The molecule has 0 aliphatic carbocycles. The largest absolute Gasteiger partial charge is 0.497 e. The smallest absolute Gasteiger partial charge is 0.322 e. The van der Waals surface area contributed by atoms with Gasteiger partial charge in [-0.15, -0.1) is 0 Å². The number of piperidine rings is 1. The molecule has 5 nitrogen and oxygen atoms in total. The zero-order chi connectivity index (χ0) is 15.9. The molecule has 1 saturated heterocycles. The van der Waals surface area contributed by atoms with Crippen LogP contribution in [0.25, 0.3) is 0 Å². The topological polar surface area (TPSA) is 44.8 Å². The molecule has 1 aromatic carbocycles. The predicted octanol–water partition coefficient (Wildman–Crippen LogP) is 3.03. The maximum absolute atomic E-state index is 12.5. The molecule has 1 N–H and O–H groups in total. The molecular weight excluding hydrogens is 278 g/mol. The summed E-state index contributed by atoms with van der Waals surface area (Å²) in [5.41, 5.74) is 0.808. The fourth-order valence-electron chi connectivity index (χ4n) is 2.84. The Kier molecular flexibility index (Phi) is 6.07. The molecule has 0 radical (unpaired) electrons. The Bertz CT molecular complexity index is 473. The number of carbonyl (C=O) groups excluding carboxylic acids is 1. The Hall–Kier alpha value is -1.75. The van der Waals surface area contributed by atoms with Crippen molar-refractivity contribution in [3.63, 3.8) is 0 Å². The maximum atomic E-state index is 12.5. The van der Waals surface area contributed by atoms with Gasteiger partial charge in [0.15, 0.2) is 0 Å². The molecule has 1 atom stereocenters. The van der Waals surface area contributed by atoms with E-state index >= 15 is 0 Å². The predicted molar refractivity (Wildman–Crippen MR) is 89.5 cm³/mol. The SMILES string of the molecule is COc1ccc(NC(=O)N2CCCC[C@H]2CCN(C)C)cc1. The van der Waals surface area contributed by atoms with E-state index in [-0.39, 0.29) is 6.03 Å². The number of likely N-dealkylation sites (tertiary alicyclic amines) is 1. The summed E-state index contributed by atoms with van der Waals surface area (Å²) < 4.78 is 5.13. The number of benzene rings is 1. The lowest BCUT2D eigenvalue weighted by Gasteiger charge is -2.36. The van der Waals surface area contributed by atoms with E-state index in [2.05, 4.69) is 24.3 Å². The highest BCUT2D eigenvalue weighted by Gasteiger charge is 2.26. The van der Waals surface area contributed by atoms with E-state index in [9.17, 15) is 4.79 Å². The standard InChI is InChI=1S/C17H27N3O2/c1-19(2)13-11-15-6-4-5-12-20(15)17(21)18-14-7-9-16(22-3)10-8-14/h7-10,15H,4-6,11-13H2,1-3H3,(H,18,21)/t15-/m0/s1. The minimum absolute atomic E-state index is 0.00798. The third-order valence-electron chi connectivity index (χ3n) is 4.14. The van der Waals surface area contributed by atoms with Crippen molar-refractivity contribution in [2.75, 3.05) is 39.6 Å². The van der Waals surface area contributed by atoms with Crippen LogP contribution in [0.4, 0.5) is 10.5 Å². The molecule has 1 aliphatic rings. The first-order valence-corrected chi connectivity index (χ1v) is 7.96. The van der Waals surface area contributed by atoms with E-state index in [1.54, 1.807) is 7.11 Å². The van der Waals surface area contributed by atoms with Crippen molar-refractivity contribution in [1.29, 1.82) is 0 Å². The number of ether oxygens (including phenoxy) is 1. The number of nitrogens with one attached hydrogen (secondary N) is 1. The summed E-state index contributed by atoms with van der Waals surface area (Å²) >= 11 is 0. The molecular formula is C17H27N3O2.